The highest BCUT2D eigenvalue weighted by atomic mass is 15.1. The predicted molar refractivity (Wildman–Crippen MR) is 81.8 cm³/mol. The summed E-state index contributed by atoms with van der Waals surface area (Å²) in [6.45, 7) is 8.57. The van der Waals surface area contributed by atoms with Gasteiger partial charge in [-0.2, -0.15) is 0 Å². The molecule has 0 unspecified atom stereocenters. The third kappa shape index (κ3) is 5.03. The minimum absolute atomic E-state index is 0.621. The molecule has 0 aliphatic heterocycles. The molecule has 0 amide bonds. The molecule has 2 N–H and O–H groups in total. The molecule has 1 aromatic heterocycles. The second kappa shape index (κ2) is 7.94. The number of aromatic nitrogens is 2. The summed E-state index contributed by atoms with van der Waals surface area (Å²) in [5.41, 5.74) is 1.07. The van der Waals surface area contributed by atoms with E-state index in [1.807, 2.05) is 14.0 Å². The Morgan fingerprint density at radius 2 is 1.89 bits per heavy atom. The van der Waals surface area contributed by atoms with Gasteiger partial charge in [0.2, 0.25) is 0 Å². The van der Waals surface area contributed by atoms with E-state index >= 15 is 0 Å². The molecule has 0 radical (unpaired) electrons. The van der Waals surface area contributed by atoms with Gasteiger partial charge >= 0.3 is 0 Å². The first-order valence-electron chi connectivity index (χ1n) is 6.99. The van der Waals surface area contributed by atoms with Crippen LogP contribution >= 0.6 is 0 Å². The van der Waals surface area contributed by atoms with Gasteiger partial charge in [-0.3, -0.25) is 0 Å². The Morgan fingerprint density at radius 3 is 2.53 bits per heavy atom. The Hall–Kier alpha value is -1.36. The largest absolute Gasteiger partial charge is 0.373 e. The van der Waals surface area contributed by atoms with Crippen LogP contribution in [0.2, 0.25) is 0 Å². The molecule has 1 rings (SSSR count). The van der Waals surface area contributed by atoms with Gasteiger partial charge in [-0.25, -0.2) is 9.97 Å². The van der Waals surface area contributed by atoms with E-state index in [1.165, 1.54) is 6.42 Å². The third-order valence-electron chi connectivity index (χ3n) is 3.43. The van der Waals surface area contributed by atoms with Crippen molar-refractivity contribution in [3.63, 3.8) is 0 Å². The Balaban J connectivity index is 2.30. The first kappa shape index (κ1) is 15.7. The average molecular weight is 265 g/mol. The molecule has 0 aromatic carbocycles. The molecular weight excluding hydrogens is 238 g/mol. The summed E-state index contributed by atoms with van der Waals surface area (Å²) in [6.07, 6.45) is 3.94. The van der Waals surface area contributed by atoms with Gasteiger partial charge in [-0.15, -0.1) is 0 Å². The van der Waals surface area contributed by atoms with Gasteiger partial charge in [0.25, 0.3) is 0 Å². The molecule has 108 valence electrons. The highest BCUT2D eigenvalue weighted by Gasteiger charge is 2.05. The van der Waals surface area contributed by atoms with Crippen molar-refractivity contribution in [1.82, 2.24) is 14.9 Å². The Morgan fingerprint density at radius 1 is 1.21 bits per heavy atom. The van der Waals surface area contributed by atoms with Gasteiger partial charge in [-0.1, -0.05) is 0 Å². The van der Waals surface area contributed by atoms with Crippen LogP contribution in [0.4, 0.5) is 11.6 Å². The normalized spacial score (nSPS) is 11.1. The highest BCUT2D eigenvalue weighted by molar-refractivity contribution is 5.55. The lowest BCUT2D eigenvalue weighted by Crippen LogP contribution is -2.27. The van der Waals surface area contributed by atoms with Gasteiger partial charge in [0.15, 0.2) is 0 Å². The van der Waals surface area contributed by atoms with Crippen molar-refractivity contribution in [3.05, 3.63) is 11.9 Å². The molecule has 0 fully saturated rings. The Kier molecular flexibility index (Phi) is 6.56. The molecular formula is C14H27N5. The fourth-order valence-corrected chi connectivity index (χ4v) is 1.83. The average Bonchev–Trinajstić information content (AvgIpc) is 2.39. The number of nitrogens with one attached hydrogen (secondary N) is 2. The van der Waals surface area contributed by atoms with Crippen LogP contribution < -0.4 is 10.6 Å². The van der Waals surface area contributed by atoms with E-state index in [0.29, 0.717) is 6.04 Å². The molecule has 0 saturated heterocycles. The summed E-state index contributed by atoms with van der Waals surface area (Å²) < 4.78 is 0. The standard InChI is InChI=1S/C14H27N5/c1-11(2)19(5)9-7-6-8-16-14-12(3)13(15-4)17-10-18-14/h10-11H,6-9H2,1-5H3,(H2,15,16,17,18). The molecule has 0 bridgehead atoms. The predicted octanol–water partition coefficient (Wildman–Crippen LogP) is 2.36. The van der Waals surface area contributed by atoms with Crippen LogP contribution in [-0.4, -0.2) is 48.1 Å². The van der Waals surface area contributed by atoms with Crippen LogP contribution in [0.1, 0.15) is 32.3 Å². The van der Waals surface area contributed by atoms with Crippen molar-refractivity contribution < 1.29 is 0 Å². The molecule has 5 nitrogen and oxygen atoms in total. The minimum Gasteiger partial charge on any atom is -0.373 e. The van der Waals surface area contributed by atoms with Crippen LogP contribution in [-0.2, 0) is 0 Å². The maximum Gasteiger partial charge on any atom is 0.134 e. The maximum atomic E-state index is 4.28. The number of hydrogen-bond donors (Lipinski definition) is 2. The number of unbranched alkanes of at least 4 members (excludes halogenated alkanes) is 1. The molecule has 0 saturated carbocycles. The van der Waals surface area contributed by atoms with Crippen LogP contribution in [0, 0.1) is 6.92 Å². The van der Waals surface area contributed by atoms with Crippen LogP contribution in [0.15, 0.2) is 6.33 Å². The highest BCUT2D eigenvalue weighted by Crippen LogP contribution is 2.17. The summed E-state index contributed by atoms with van der Waals surface area (Å²) >= 11 is 0. The number of nitrogens with zero attached hydrogens (tertiary/aromatic N) is 3. The lowest BCUT2D eigenvalue weighted by atomic mass is 10.2. The van der Waals surface area contributed by atoms with Gasteiger partial charge in [-0.05, 0) is 47.2 Å². The van der Waals surface area contributed by atoms with E-state index in [4.69, 9.17) is 0 Å². The molecule has 1 aromatic rings. The third-order valence-corrected chi connectivity index (χ3v) is 3.43. The molecule has 0 aliphatic rings. The number of anilines is 2. The molecule has 5 heteroatoms. The van der Waals surface area contributed by atoms with Crippen molar-refractivity contribution in [1.29, 1.82) is 0 Å². The number of hydrogen-bond acceptors (Lipinski definition) is 5. The topological polar surface area (TPSA) is 53.1 Å². The fraction of sp³-hybridized carbons (Fsp3) is 0.714. The smallest absolute Gasteiger partial charge is 0.134 e. The second-order valence-corrected chi connectivity index (χ2v) is 5.15. The SMILES string of the molecule is CNc1ncnc(NCCCCN(C)C(C)C)c1C. The maximum absolute atomic E-state index is 4.28. The van der Waals surface area contributed by atoms with Crippen LogP contribution in [0.25, 0.3) is 0 Å². The molecule has 19 heavy (non-hydrogen) atoms. The zero-order valence-electron chi connectivity index (χ0n) is 12.8. The van der Waals surface area contributed by atoms with Crippen molar-refractivity contribution >= 4 is 11.6 Å². The van der Waals surface area contributed by atoms with Gasteiger partial charge in [0, 0.05) is 25.2 Å². The van der Waals surface area contributed by atoms with E-state index in [1.54, 1.807) is 6.33 Å². The van der Waals surface area contributed by atoms with E-state index in [2.05, 4.69) is 46.4 Å². The molecule has 1 heterocycles. The Labute approximate surface area is 116 Å². The summed E-state index contributed by atoms with van der Waals surface area (Å²) in [5.74, 6) is 1.81. The van der Waals surface area contributed by atoms with Crippen molar-refractivity contribution in [3.8, 4) is 0 Å². The molecule has 0 atom stereocenters. The van der Waals surface area contributed by atoms with E-state index in [9.17, 15) is 0 Å². The first-order chi connectivity index (χ1) is 9.06. The zero-order chi connectivity index (χ0) is 14.3. The van der Waals surface area contributed by atoms with Gasteiger partial charge in [0.1, 0.15) is 18.0 Å². The summed E-state index contributed by atoms with van der Waals surface area (Å²) in [7, 11) is 4.05. The summed E-state index contributed by atoms with van der Waals surface area (Å²) in [6, 6.07) is 0.621. The lowest BCUT2D eigenvalue weighted by Gasteiger charge is -2.20. The summed E-state index contributed by atoms with van der Waals surface area (Å²) in [4.78, 5) is 10.8. The van der Waals surface area contributed by atoms with Crippen LogP contribution in [0.5, 0.6) is 0 Å². The van der Waals surface area contributed by atoms with Gasteiger partial charge < -0.3 is 15.5 Å². The van der Waals surface area contributed by atoms with Crippen LogP contribution in [0.3, 0.4) is 0 Å². The van der Waals surface area contributed by atoms with Crippen molar-refractivity contribution in [2.24, 2.45) is 0 Å². The van der Waals surface area contributed by atoms with Crippen molar-refractivity contribution in [2.75, 3.05) is 37.8 Å². The quantitative estimate of drug-likeness (QED) is 0.707. The fourth-order valence-electron chi connectivity index (χ4n) is 1.83. The van der Waals surface area contributed by atoms with Gasteiger partial charge in [0.05, 0.1) is 0 Å². The van der Waals surface area contributed by atoms with E-state index in [0.717, 1.165) is 36.7 Å². The second-order valence-electron chi connectivity index (χ2n) is 5.15. The van der Waals surface area contributed by atoms with E-state index in [-0.39, 0.29) is 0 Å². The molecule has 0 aliphatic carbocycles. The van der Waals surface area contributed by atoms with Crippen molar-refractivity contribution in [2.45, 2.75) is 39.7 Å². The lowest BCUT2D eigenvalue weighted by molar-refractivity contribution is 0.269. The first-order valence-corrected chi connectivity index (χ1v) is 6.99. The van der Waals surface area contributed by atoms with E-state index < -0.39 is 0 Å². The zero-order valence-corrected chi connectivity index (χ0v) is 12.8. The monoisotopic (exact) mass is 265 g/mol. The minimum atomic E-state index is 0.621. The summed E-state index contributed by atoms with van der Waals surface area (Å²) in [5, 5.41) is 6.45. The number of rotatable bonds is 8. The molecule has 0 spiro atoms. The Bertz CT molecular complexity index is 378.